The van der Waals surface area contributed by atoms with Crippen LogP contribution < -0.4 is 19.7 Å². The number of aromatic nitrogens is 2. The van der Waals surface area contributed by atoms with Crippen LogP contribution in [0, 0.1) is 17.0 Å². The molecule has 144 valence electrons. The highest BCUT2D eigenvalue weighted by molar-refractivity contribution is 5.68. The maximum atomic E-state index is 11.5. The molecular weight excluding hydrogens is 354 g/mol. The van der Waals surface area contributed by atoms with Crippen LogP contribution in [-0.4, -0.2) is 55.4 Å². The maximum absolute atomic E-state index is 11.5. The van der Waals surface area contributed by atoms with Crippen molar-refractivity contribution in [3.63, 3.8) is 0 Å². The number of aryl methyl sites for hydroxylation is 1. The van der Waals surface area contributed by atoms with E-state index in [4.69, 9.17) is 14.2 Å². The van der Waals surface area contributed by atoms with Gasteiger partial charge in [0.2, 0.25) is 11.8 Å². The average molecular weight is 375 g/mol. The van der Waals surface area contributed by atoms with Gasteiger partial charge in [-0.05, 0) is 19.1 Å². The van der Waals surface area contributed by atoms with Crippen molar-refractivity contribution >= 4 is 23.1 Å². The van der Waals surface area contributed by atoms with Crippen molar-refractivity contribution in [1.29, 1.82) is 0 Å². The lowest BCUT2D eigenvalue weighted by molar-refractivity contribution is -0.385. The first-order valence-electron chi connectivity index (χ1n) is 8.38. The number of benzene rings is 1. The summed E-state index contributed by atoms with van der Waals surface area (Å²) in [6.07, 6.45) is 0. The third-order valence-electron chi connectivity index (χ3n) is 4.19. The molecule has 3 rings (SSSR count). The molecule has 1 N–H and O–H groups in total. The fourth-order valence-corrected chi connectivity index (χ4v) is 2.84. The number of hydrogen-bond donors (Lipinski definition) is 1. The Balaban J connectivity index is 1.99. The van der Waals surface area contributed by atoms with E-state index < -0.39 is 4.92 Å². The van der Waals surface area contributed by atoms with Crippen molar-refractivity contribution in [1.82, 2.24) is 9.97 Å². The van der Waals surface area contributed by atoms with Crippen LogP contribution in [0.15, 0.2) is 18.2 Å². The van der Waals surface area contributed by atoms with Crippen molar-refractivity contribution < 1.29 is 19.1 Å². The van der Waals surface area contributed by atoms with Crippen LogP contribution in [0.25, 0.3) is 0 Å². The molecule has 1 fully saturated rings. The molecule has 2 heterocycles. The van der Waals surface area contributed by atoms with Gasteiger partial charge in [0.05, 0.1) is 38.0 Å². The van der Waals surface area contributed by atoms with Crippen LogP contribution in [0.2, 0.25) is 0 Å². The van der Waals surface area contributed by atoms with E-state index in [1.807, 2.05) is 4.90 Å². The SMILES string of the molecule is COc1ccc(Nc2nc(C)c([N+](=O)[O-])c(N3CCOCC3)n2)c(OC)c1. The Labute approximate surface area is 156 Å². The Morgan fingerprint density at radius 2 is 1.96 bits per heavy atom. The smallest absolute Gasteiger partial charge is 0.332 e. The van der Waals surface area contributed by atoms with E-state index >= 15 is 0 Å². The molecule has 27 heavy (non-hydrogen) atoms. The van der Waals surface area contributed by atoms with Crippen LogP contribution in [0.5, 0.6) is 11.5 Å². The number of morpholine rings is 1. The number of methoxy groups -OCH3 is 2. The molecular formula is C17H21N5O5. The van der Waals surface area contributed by atoms with E-state index in [2.05, 4.69) is 15.3 Å². The molecule has 0 unspecified atom stereocenters. The predicted molar refractivity (Wildman–Crippen MR) is 99.3 cm³/mol. The largest absolute Gasteiger partial charge is 0.497 e. The minimum atomic E-state index is -0.447. The molecule has 0 saturated carbocycles. The normalized spacial score (nSPS) is 14.0. The number of rotatable bonds is 6. The van der Waals surface area contributed by atoms with Gasteiger partial charge in [-0.15, -0.1) is 0 Å². The second kappa shape index (κ2) is 8.04. The Morgan fingerprint density at radius 1 is 1.22 bits per heavy atom. The highest BCUT2D eigenvalue weighted by Gasteiger charge is 2.27. The van der Waals surface area contributed by atoms with Crippen LogP contribution in [-0.2, 0) is 4.74 Å². The van der Waals surface area contributed by atoms with Crippen molar-refractivity contribution in [3.8, 4) is 11.5 Å². The molecule has 1 aliphatic heterocycles. The molecule has 1 aromatic heterocycles. The van der Waals surface area contributed by atoms with Crippen LogP contribution in [0.3, 0.4) is 0 Å². The Kier molecular flexibility index (Phi) is 5.55. The van der Waals surface area contributed by atoms with Crippen molar-refractivity contribution in [2.24, 2.45) is 0 Å². The van der Waals surface area contributed by atoms with E-state index in [-0.39, 0.29) is 23.1 Å². The molecule has 10 nitrogen and oxygen atoms in total. The molecule has 0 radical (unpaired) electrons. The van der Waals surface area contributed by atoms with E-state index in [0.717, 1.165) is 0 Å². The average Bonchev–Trinajstić information content (AvgIpc) is 2.68. The Bertz CT molecular complexity index is 839. The maximum Gasteiger partial charge on any atom is 0.332 e. The summed E-state index contributed by atoms with van der Waals surface area (Å²) in [7, 11) is 3.11. The highest BCUT2D eigenvalue weighted by Crippen LogP contribution is 2.34. The molecule has 0 atom stereocenters. The van der Waals surface area contributed by atoms with Crippen molar-refractivity contribution in [3.05, 3.63) is 34.0 Å². The first-order chi connectivity index (χ1) is 13.0. The van der Waals surface area contributed by atoms with Gasteiger partial charge in [0.15, 0.2) is 0 Å². The van der Waals surface area contributed by atoms with E-state index in [1.54, 1.807) is 39.3 Å². The van der Waals surface area contributed by atoms with Gasteiger partial charge in [0, 0.05) is 19.2 Å². The minimum Gasteiger partial charge on any atom is -0.497 e. The summed E-state index contributed by atoms with van der Waals surface area (Å²) in [4.78, 5) is 21.6. The zero-order valence-corrected chi connectivity index (χ0v) is 15.4. The van der Waals surface area contributed by atoms with Gasteiger partial charge in [0.25, 0.3) is 0 Å². The molecule has 0 amide bonds. The first-order valence-corrected chi connectivity index (χ1v) is 8.38. The standard InChI is InChI=1S/C17H21N5O5/c1-11-15(22(23)24)16(21-6-8-27-9-7-21)20-17(18-11)19-13-5-4-12(25-2)10-14(13)26-3/h4-5,10H,6-9H2,1-3H3,(H,18,19,20). The fraction of sp³-hybridized carbons (Fsp3) is 0.412. The molecule has 10 heteroatoms. The third kappa shape index (κ3) is 4.00. The molecule has 1 aromatic carbocycles. The van der Waals surface area contributed by atoms with Gasteiger partial charge in [-0.3, -0.25) is 10.1 Å². The van der Waals surface area contributed by atoms with Gasteiger partial charge < -0.3 is 24.4 Å². The Morgan fingerprint density at radius 3 is 2.59 bits per heavy atom. The molecule has 1 saturated heterocycles. The fourth-order valence-electron chi connectivity index (χ4n) is 2.84. The summed E-state index contributed by atoms with van der Waals surface area (Å²) in [5, 5.41) is 14.6. The second-order valence-corrected chi connectivity index (χ2v) is 5.85. The van der Waals surface area contributed by atoms with Crippen molar-refractivity contribution in [2.75, 3.05) is 50.7 Å². The van der Waals surface area contributed by atoms with E-state index in [0.29, 0.717) is 43.5 Å². The van der Waals surface area contributed by atoms with Gasteiger partial charge in [-0.1, -0.05) is 0 Å². The topological polar surface area (TPSA) is 112 Å². The summed E-state index contributed by atoms with van der Waals surface area (Å²) < 4.78 is 15.9. The van der Waals surface area contributed by atoms with Crippen LogP contribution >= 0.6 is 0 Å². The Hall–Kier alpha value is -3.14. The summed E-state index contributed by atoms with van der Waals surface area (Å²) >= 11 is 0. The third-order valence-corrected chi connectivity index (χ3v) is 4.19. The minimum absolute atomic E-state index is 0.0934. The molecule has 0 aliphatic carbocycles. The van der Waals surface area contributed by atoms with Gasteiger partial charge >= 0.3 is 5.69 Å². The molecule has 0 spiro atoms. The summed E-state index contributed by atoms with van der Waals surface area (Å²) in [5.74, 6) is 1.72. The first kappa shape index (κ1) is 18.6. The molecule has 2 aromatic rings. The lowest BCUT2D eigenvalue weighted by Gasteiger charge is -2.27. The summed E-state index contributed by atoms with van der Waals surface area (Å²) in [6.45, 7) is 3.65. The number of nitro groups is 1. The second-order valence-electron chi connectivity index (χ2n) is 5.85. The van der Waals surface area contributed by atoms with Crippen LogP contribution in [0.4, 0.5) is 23.1 Å². The highest BCUT2D eigenvalue weighted by atomic mass is 16.6. The lowest BCUT2D eigenvalue weighted by atomic mass is 10.2. The van der Waals surface area contributed by atoms with Gasteiger partial charge in [-0.25, -0.2) is 4.98 Å². The number of nitrogens with one attached hydrogen (secondary N) is 1. The molecule has 0 bridgehead atoms. The van der Waals surface area contributed by atoms with E-state index in [9.17, 15) is 10.1 Å². The summed E-state index contributed by atoms with van der Waals surface area (Å²) in [5.41, 5.74) is 0.815. The molecule has 1 aliphatic rings. The van der Waals surface area contributed by atoms with Gasteiger partial charge in [0.1, 0.15) is 17.2 Å². The predicted octanol–water partition coefficient (Wildman–Crippen LogP) is 2.29. The lowest BCUT2D eigenvalue weighted by Crippen LogP contribution is -2.37. The van der Waals surface area contributed by atoms with Crippen molar-refractivity contribution in [2.45, 2.75) is 6.92 Å². The number of hydrogen-bond acceptors (Lipinski definition) is 9. The monoisotopic (exact) mass is 375 g/mol. The van der Waals surface area contributed by atoms with E-state index in [1.165, 1.54) is 0 Å². The number of ether oxygens (including phenoxy) is 3. The van der Waals surface area contributed by atoms with Gasteiger partial charge in [-0.2, -0.15) is 4.98 Å². The zero-order valence-electron chi connectivity index (χ0n) is 15.4. The summed E-state index contributed by atoms with van der Waals surface area (Å²) in [6, 6.07) is 5.27. The quantitative estimate of drug-likeness (QED) is 0.600. The number of anilines is 3. The number of nitrogens with zero attached hydrogens (tertiary/aromatic N) is 4. The van der Waals surface area contributed by atoms with Crippen LogP contribution in [0.1, 0.15) is 5.69 Å². The zero-order chi connectivity index (χ0) is 19.4.